The predicted octanol–water partition coefficient (Wildman–Crippen LogP) is 3.95. The van der Waals surface area contributed by atoms with E-state index in [4.69, 9.17) is 19.9 Å². The minimum absolute atomic E-state index is 0.0118. The maximum absolute atomic E-state index is 9.21. The number of halogens is 1. The quantitative estimate of drug-likeness (QED) is 0.520. The van der Waals surface area contributed by atoms with Crippen molar-refractivity contribution in [1.82, 2.24) is 0 Å². The molecule has 148 valence electrons. The van der Waals surface area contributed by atoms with Gasteiger partial charge in [0.2, 0.25) is 0 Å². The summed E-state index contributed by atoms with van der Waals surface area (Å²) < 4.78 is 17.8. The van der Waals surface area contributed by atoms with E-state index in [0.717, 1.165) is 29.5 Å². The number of aliphatic hydroxyl groups is 1. The molecule has 2 aromatic carbocycles. The van der Waals surface area contributed by atoms with Gasteiger partial charge in [-0.1, -0.05) is 28.1 Å². The van der Waals surface area contributed by atoms with Gasteiger partial charge in [0.05, 0.1) is 26.9 Å². The summed E-state index contributed by atoms with van der Waals surface area (Å²) in [4.78, 5) is 0. The lowest BCUT2D eigenvalue weighted by Crippen LogP contribution is -2.40. The molecule has 2 rings (SSSR count). The summed E-state index contributed by atoms with van der Waals surface area (Å²) >= 11 is 3.43. The average molecular weight is 438 g/mol. The number of aryl methyl sites for hydroxylation is 1. The van der Waals surface area contributed by atoms with E-state index in [1.54, 1.807) is 7.11 Å². The number of hydrogen-bond donors (Lipinski definition) is 2. The molecule has 1 unspecified atom stereocenters. The molecule has 2 aromatic rings. The van der Waals surface area contributed by atoms with E-state index in [1.807, 2.05) is 49.4 Å². The van der Waals surface area contributed by atoms with Crippen LogP contribution in [-0.4, -0.2) is 37.6 Å². The maximum atomic E-state index is 9.21. The minimum atomic E-state index is -0.536. The first kappa shape index (κ1) is 21.5. The van der Waals surface area contributed by atoms with E-state index < -0.39 is 5.54 Å². The molecule has 0 aromatic heterocycles. The highest BCUT2D eigenvalue weighted by molar-refractivity contribution is 9.10. The highest BCUT2D eigenvalue weighted by atomic mass is 79.9. The molecule has 0 radical (unpaired) electrons. The van der Waals surface area contributed by atoms with Crippen LogP contribution < -0.4 is 19.9 Å². The molecule has 0 amide bonds. The topological polar surface area (TPSA) is 73.9 Å². The van der Waals surface area contributed by atoms with Crippen molar-refractivity contribution in [2.24, 2.45) is 5.73 Å². The molecule has 0 aliphatic rings. The van der Waals surface area contributed by atoms with Crippen LogP contribution in [-0.2, 0) is 6.42 Å². The second kappa shape index (κ2) is 10.5. The minimum Gasteiger partial charge on any atom is -0.493 e. The molecule has 0 saturated carbocycles. The van der Waals surface area contributed by atoms with Crippen molar-refractivity contribution in [3.8, 4) is 17.2 Å². The Morgan fingerprint density at radius 1 is 1.04 bits per heavy atom. The van der Waals surface area contributed by atoms with Gasteiger partial charge >= 0.3 is 0 Å². The van der Waals surface area contributed by atoms with Crippen molar-refractivity contribution in [3.63, 3.8) is 0 Å². The number of aliphatic hydroxyl groups excluding tert-OH is 1. The number of methoxy groups -OCH3 is 1. The summed E-state index contributed by atoms with van der Waals surface area (Å²) in [7, 11) is 1.63. The second-order valence-corrected chi connectivity index (χ2v) is 7.72. The van der Waals surface area contributed by atoms with E-state index in [2.05, 4.69) is 15.9 Å². The van der Waals surface area contributed by atoms with Crippen LogP contribution in [0.25, 0.3) is 0 Å². The molecule has 1 atom stereocenters. The standard InChI is InChI=1S/C21H28BrNO4/c1-21(23,15-24)11-10-16-4-7-18(8-5-16)26-12-3-13-27-20-14-17(22)6-9-19(20)25-2/h4-9,14,24H,3,10-13,15,23H2,1-2H3. The Morgan fingerprint density at radius 2 is 1.74 bits per heavy atom. The molecule has 0 aliphatic heterocycles. The first-order chi connectivity index (χ1) is 12.9. The third kappa shape index (κ3) is 7.40. The Balaban J connectivity index is 1.71. The van der Waals surface area contributed by atoms with E-state index in [1.165, 1.54) is 5.56 Å². The molecule has 0 fully saturated rings. The Hall–Kier alpha value is -1.76. The van der Waals surface area contributed by atoms with Gasteiger partial charge in [0.15, 0.2) is 11.5 Å². The monoisotopic (exact) mass is 437 g/mol. The summed E-state index contributed by atoms with van der Waals surface area (Å²) in [6.07, 6.45) is 2.33. The summed E-state index contributed by atoms with van der Waals surface area (Å²) in [5.74, 6) is 2.26. The fourth-order valence-electron chi connectivity index (χ4n) is 2.46. The number of nitrogens with two attached hydrogens (primary N) is 1. The zero-order chi connectivity index (χ0) is 19.7. The molecule has 0 heterocycles. The van der Waals surface area contributed by atoms with Crippen molar-refractivity contribution in [2.45, 2.75) is 31.7 Å². The Kier molecular flexibility index (Phi) is 8.41. The lowest BCUT2D eigenvalue weighted by atomic mass is 9.95. The fraction of sp³-hybridized carbons (Fsp3) is 0.429. The van der Waals surface area contributed by atoms with E-state index >= 15 is 0 Å². The van der Waals surface area contributed by atoms with E-state index in [0.29, 0.717) is 24.7 Å². The van der Waals surface area contributed by atoms with Crippen LogP contribution >= 0.6 is 15.9 Å². The number of ether oxygens (including phenoxy) is 3. The largest absolute Gasteiger partial charge is 0.493 e. The highest BCUT2D eigenvalue weighted by Gasteiger charge is 2.16. The highest BCUT2D eigenvalue weighted by Crippen LogP contribution is 2.30. The van der Waals surface area contributed by atoms with Gasteiger partial charge in [-0.2, -0.15) is 0 Å². The van der Waals surface area contributed by atoms with E-state index in [-0.39, 0.29) is 6.61 Å². The summed E-state index contributed by atoms with van der Waals surface area (Å²) in [5.41, 5.74) is 6.60. The lowest BCUT2D eigenvalue weighted by molar-refractivity contribution is 0.200. The maximum Gasteiger partial charge on any atom is 0.162 e. The summed E-state index contributed by atoms with van der Waals surface area (Å²) in [6.45, 7) is 2.96. The van der Waals surface area contributed by atoms with Gasteiger partial charge < -0.3 is 25.1 Å². The number of rotatable bonds is 11. The van der Waals surface area contributed by atoms with Gasteiger partial charge in [-0.3, -0.25) is 0 Å². The fourth-order valence-corrected chi connectivity index (χ4v) is 2.80. The van der Waals surface area contributed by atoms with E-state index in [9.17, 15) is 5.11 Å². The Morgan fingerprint density at radius 3 is 2.41 bits per heavy atom. The SMILES string of the molecule is COc1ccc(Br)cc1OCCCOc1ccc(CCC(C)(N)CO)cc1. The van der Waals surface area contributed by atoms with Gasteiger partial charge in [-0.25, -0.2) is 0 Å². The lowest BCUT2D eigenvalue weighted by Gasteiger charge is -2.21. The first-order valence-corrected chi connectivity index (χ1v) is 9.80. The van der Waals surface area contributed by atoms with Crippen LogP contribution in [0.2, 0.25) is 0 Å². The third-order valence-corrected chi connectivity index (χ3v) is 4.70. The van der Waals surface area contributed by atoms with Gasteiger partial charge in [-0.05, 0) is 55.7 Å². The van der Waals surface area contributed by atoms with Crippen LogP contribution in [0.3, 0.4) is 0 Å². The molecule has 5 nitrogen and oxygen atoms in total. The van der Waals surface area contributed by atoms with Gasteiger partial charge in [0, 0.05) is 16.4 Å². The summed E-state index contributed by atoms with van der Waals surface area (Å²) in [6, 6.07) is 13.7. The molecular weight excluding hydrogens is 410 g/mol. The zero-order valence-electron chi connectivity index (χ0n) is 15.9. The van der Waals surface area contributed by atoms with Gasteiger partial charge in [-0.15, -0.1) is 0 Å². The Bertz CT molecular complexity index is 704. The molecule has 0 saturated heterocycles. The second-order valence-electron chi connectivity index (χ2n) is 6.80. The smallest absolute Gasteiger partial charge is 0.162 e. The Labute approximate surface area is 169 Å². The summed E-state index contributed by atoms with van der Waals surface area (Å²) in [5, 5.41) is 9.21. The van der Waals surface area contributed by atoms with Crippen LogP contribution in [0.5, 0.6) is 17.2 Å². The van der Waals surface area contributed by atoms with Crippen molar-refractivity contribution in [1.29, 1.82) is 0 Å². The van der Waals surface area contributed by atoms with Crippen molar-refractivity contribution in [2.75, 3.05) is 26.9 Å². The molecule has 27 heavy (non-hydrogen) atoms. The third-order valence-electron chi connectivity index (χ3n) is 4.21. The van der Waals surface area contributed by atoms with Crippen LogP contribution in [0.15, 0.2) is 46.9 Å². The number of benzene rings is 2. The van der Waals surface area contributed by atoms with Crippen molar-refractivity contribution in [3.05, 3.63) is 52.5 Å². The molecule has 6 heteroatoms. The number of hydrogen-bond acceptors (Lipinski definition) is 5. The van der Waals surface area contributed by atoms with Crippen LogP contribution in [0.1, 0.15) is 25.3 Å². The van der Waals surface area contributed by atoms with Gasteiger partial charge in [0.25, 0.3) is 0 Å². The molecule has 3 N–H and O–H groups in total. The zero-order valence-corrected chi connectivity index (χ0v) is 17.5. The van der Waals surface area contributed by atoms with Crippen molar-refractivity contribution >= 4 is 15.9 Å². The van der Waals surface area contributed by atoms with Crippen LogP contribution in [0, 0.1) is 0 Å². The normalized spacial score (nSPS) is 13.1. The van der Waals surface area contributed by atoms with Crippen LogP contribution in [0.4, 0.5) is 0 Å². The molecule has 0 spiro atoms. The average Bonchev–Trinajstić information content (AvgIpc) is 2.67. The molecule has 0 aliphatic carbocycles. The van der Waals surface area contributed by atoms with Crippen molar-refractivity contribution < 1.29 is 19.3 Å². The molecular formula is C21H28BrNO4. The molecule has 0 bridgehead atoms. The predicted molar refractivity (Wildman–Crippen MR) is 111 cm³/mol. The van der Waals surface area contributed by atoms with Gasteiger partial charge in [0.1, 0.15) is 5.75 Å². The first-order valence-electron chi connectivity index (χ1n) is 9.01.